The van der Waals surface area contributed by atoms with Gasteiger partial charge in [0.05, 0.1) is 14.2 Å². The molecule has 8 heteroatoms. The van der Waals surface area contributed by atoms with Gasteiger partial charge >= 0.3 is 0 Å². The molecule has 1 saturated heterocycles. The number of benzene rings is 1. The molecule has 1 fully saturated rings. The minimum Gasteiger partial charge on any atom is -0.493 e. The van der Waals surface area contributed by atoms with Crippen molar-refractivity contribution in [3.05, 3.63) is 59.8 Å². The van der Waals surface area contributed by atoms with Gasteiger partial charge in [-0.3, -0.25) is 4.79 Å². The van der Waals surface area contributed by atoms with Crippen molar-refractivity contribution in [3.63, 3.8) is 0 Å². The first-order chi connectivity index (χ1) is 14.2. The number of nitrogens with zero attached hydrogens (tertiary/aromatic N) is 4. The van der Waals surface area contributed by atoms with E-state index in [1.165, 1.54) is 0 Å². The van der Waals surface area contributed by atoms with Crippen LogP contribution in [-0.2, 0) is 17.6 Å². The Balaban J connectivity index is 1.63. The van der Waals surface area contributed by atoms with Crippen LogP contribution in [0.2, 0.25) is 0 Å². The molecule has 150 valence electrons. The molecule has 0 radical (unpaired) electrons. The normalized spacial score (nSPS) is 15.9. The first-order valence-electron chi connectivity index (χ1n) is 9.52. The summed E-state index contributed by atoms with van der Waals surface area (Å²) in [5, 5.41) is 7.69. The summed E-state index contributed by atoms with van der Waals surface area (Å²) in [6.45, 7) is 0. The van der Waals surface area contributed by atoms with E-state index in [1.54, 1.807) is 25.1 Å². The number of carbonyl (C=O) groups is 1. The molecule has 0 saturated carbocycles. The van der Waals surface area contributed by atoms with Crippen molar-refractivity contribution in [2.75, 3.05) is 14.2 Å². The molecule has 1 N–H and O–H groups in total. The summed E-state index contributed by atoms with van der Waals surface area (Å²) in [7, 11) is 3.23. The largest absolute Gasteiger partial charge is 0.493 e. The van der Waals surface area contributed by atoms with E-state index >= 15 is 0 Å². The molecular formula is C21H23N5O3. The summed E-state index contributed by atoms with van der Waals surface area (Å²) in [6.07, 6.45) is 4.25. The predicted octanol–water partition coefficient (Wildman–Crippen LogP) is 2.09. The Morgan fingerprint density at radius 2 is 2.03 bits per heavy atom. The van der Waals surface area contributed by atoms with Crippen molar-refractivity contribution < 1.29 is 14.3 Å². The highest BCUT2D eigenvalue weighted by Crippen LogP contribution is 2.28. The van der Waals surface area contributed by atoms with Crippen LogP contribution in [0.25, 0.3) is 5.82 Å². The number of methoxy groups -OCH3 is 2. The number of pyridine rings is 1. The van der Waals surface area contributed by atoms with Crippen molar-refractivity contribution in [2.45, 2.75) is 31.7 Å². The SMILES string of the molecule is COc1ccc(Cc2nc(C[C@H]3CCC(=O)N3)n(-c3ccccn3)n2)cc1OC. The number of ether oxygens (including phenoxy) is 2. The lowest BCUT2D eigenvalue weighted by atomic mass is 10.1. The molecular weight excluding hydrogens is 370 g/mol. The molecule has 4 rings (SSSR count). The van der Waals surface area contributed by atoms with Crippen LogP contribution in [0.4, 0.5) is 0 Å². The van der Waals surface area contributed by atoms with Crippen LogP contribution >= 0.6 is 0 Å². The third-order valence-corrected chi connectivity index (χ3v) is 4.91. The van der Waals surface area contributed by atoms with Crippen molar-refractivity contribution >= 4 is 5.91 Å². The van der Waals surface area contributed by atoms with Crippen molar-refractivity contribution in [3.8, 4) is 17.3 Å². The summed E-state index contributed by atoms with van der Waals surface area (Å²) in [6, 6.07) is 11.5. The monoisotopic (exact) mass is 393 g/mol. The summed E-state index contributed by atoms with van der Waals surface area (Å²) in [4.78, 5) is 20.7. The van der Waals surface area contributed by atoms with Crippen LogP contribution in [0.3, 0.4) is 0 Å². The lowest BCUT2D eigenvalue weighted by Crippen LogP contribution is -2.28. The number of aromatic nitrogens is 4. The van der Waals surface area contributed by atoms with Gasteiger partial charge < -0.3 is 14.8 Å². The second kappa shape index (κ2) is 8.30. The fourth-order valence-corrected chi connectivity index (χ4v) is 3.49. The highest BCUT2D eigenvalue weighted by molar-refractivity contribution is 5.78. The fraction of sp³-hybridized carbons (Fsp3) is 0.333. The quantitative estimate of drug-likeness (QED) is 0.661. The van der Waals surface area contributed by atoms with Crippen LogP contribution < -0.4 is 14.8 Å². The molecule has 3 aromatic rings. The Bertz CT molecular complexity index is 1000. The highest BCUT2D eigenvalue weighted by Gasteiger charge is 2.24. The minimum absolute atomic E-state index is 0.0723. The van der Waals surface area contributed by atoms with E-state index in [1.807, 2.05) is 36.4 Å². The standard InChI is InChI=1S/C21H23N5O3/c1-28-16-8-6-14(11-17(16)29-2)12-18-24-20(13-15-7-9-21(27)23-15)26(25-18)19-5-3-4-10-22-19/h3-6,8,10-11,15H,7,9,12-13H2,1-2H3,(H,23,27)/t15-/m1/s1. The number of nitrogens with one attached hydrogen (secondary N) is 1. The van der Waals surface area contributed by atoms with Gasteiger partial charge in [0.15, 0.2) is 23.1 Å². The molecule has 1 amide bonds. The number of rotatable bonds is 7. The predicted molar refractivity (Wildman–Crippen MR) is 106 cm³/mol. The first kappa shape index (κ1) is 18.9. The van der Waals surface area contributed by atoms with Gasteiger partial charge in [0.25, 0.3) is 0 Å². The smallest absolute Gasteiger partial charge is 0.220 e. The molecule has 2 aromatic heterocycles. The third-order valence-electron chi connectivity index (χ3n) is 4.91. The van der Waals surface area contributed by atoms with Crippen LogP contribution in [0.1, 0.15) is 30.1 Å². The Morgan fingerprint density at radius 1 is 1.17 bits per heavy atom. The molecule has 0 spiro atoms. The van der Waals surface area contributed by atoms with Gasteiger partial charge in [0, 0.05) is 31.5 Å². The van der Waals surface area contributed by atoms with Gasteiger partial charge in [0.2, 0.25) is 5.91 Å². The topological polar surface area (TPSA) is 91.2 Å². The zero-order valence-electron chi connectivity index (χ0n) is 16.5. The van der Waals surface area contributed by atoms with Crippen LogP contribution in [-0.4, -0.2) is 45.9 Å². The molecule has 1 aromatic carbocycles. The van der Waals surface area contributed by atoms with Gasteiger partial charge in [-0.2, -0.15) is 4.68 Å². The number of amides is 1. The molecule has 0 bridgehead atoms. The Hall–Kier alpha value is -3.42. The number of hydrogen-bond acceptors (Lipinski definition) is 6. The second-order valence-electron chi connectivity index (χ2n) is 6.92. The van der Waals surface area contributed by atoms with E-state index < -0.39 is 0 Å². The summed E-state index contributed by atoms with van der Waals surface area (Å²) in [5.74, 6) is 3.61. The maximum atomic E-state index is 11.6. The van der Waals surface area contributed by atoms with E-state index in [2.05, 4.69) is 10.3 Å². The Kier molecular flexibility index (Phi) is 5.41. The molecule has 29 heavy (non-hydrogen) atoms. The lowest BCUT2D eigenvalue weighted by molar-refractivity contribution is -0.119. The van der Waals surface area contributed by atoms with Gasteiger partial charge in [-0.25, -0.2) is 9.97 Å². The maximum absolute atomic E-state index is 11.6. The van der Waals surface area contributed by atoms with Crippen molar-refractivity contribution in [1.29, 1.82) is 0 Å². The molecule has 0 unspecified atom stereocenters. The van der Waals surface area contributed by atoms with Crippen molar-refractivity contribution in [1.82, 2.24) is 25.1 Å². The lowest BCUT2D eigenvalue weighted by Gasteiger charge is -2.10. The van der Waals surface area contributed by atoms with Crippen LogP contribution in [0, 0.1) is 0 Å². The average Bonchev–Trinajstić information content (AvgIpc) is 3.34. The van der Waals surface area contributed by atoms with Crippen LogP contribution in [0.5, 0.6) is 11.5 Å². The van der Waals surface area contributed by atoms with E-state index in [-0.39, 0.29) is 11.9 Å². The third kappa shape index (κ3) is 4.21. The minimum atomic E-state index is 0.0723. The molecule has 0 aliphatic carbocycles. The van der Waals surface area contributed by atoms with Gasteiger partial charge in [-0.15, -0.1) is 5.10 Å². The van der Waals surface area contributed by atoms with Crippen molar-refractivity contribution in [2.24, 2.45) is 0 Å². The molecule has 1 atom stereocenters. The Morgan fingerprint density at radius 3 is 2.72 bits per heavy atom. The highest BCUT2D eigenvalue weighted by atomic mass is 16.5. The average molecular weight is 393 g/mol. The molecule has 3 heterocycles. The summed E-state index contributed by atoms with van der Waals surface area (Å²) < 4.78 is 12.5. The second-order valence-corrected chi connectivity index (χ2v) is 6.92. The molecule has 1 aliphatic heterocycles. The van der Waals surface area contributed by atoms with Gasteiger partial charge in [0.1, 0.15) is 5.82 Å². The van der Waals surface area contributed by atoms with E-state index in [9.17, 15) is 4.79 Å². The van der Waals surface area contributed by atoms with E-state index in [4.69, 9.17) is 19.6 Å². The first-order valence-corrected chi connectivity index (χ1v) is 9.52. The molecule has 1 aliphatic rings. The Labute approximate surface area is 168 Å². The fourth-order valence-electron chi connectivity index (χ4n) is 3.49. The number of hydrogen-bond donors (Lipinski definition) is 1. The summed E-state index contributed by atoms with van der Waals surface area (Å²) >= 11 is 0. The van der Waals surface area contributed by atoms with Gasteiger partial charge in [-0.05, 0) is 36.2 Å². The van der Waals surface area contributed by atoms with Gasteiger partial charge in [-0.1, -0.05) is 12.1 Å². The maximum Gasteiger partial charge on any atom is 0.220 e. The zero-order chi connectivity index (χ0) is 20.2. The number of carbonyl (C=O) groups excluding carboxylic acids is 1. The van der Waals surface area contributed by atoms with Crippen LogP contribution in [0.15, 0.2) is 42.6 Å². The summed E-state index contributed by atoms with van der Waals surface area (Å²) in [5.41, 5.74) is 1.02. The zero-order valence-corrected chi connectivity index (χ0v) is 16.5. The van der Waals surface area contributed by atoms with E-state index in [0.717, 1.165) is 17.8 Å². The molecule has 8 nitrogen and oxygen atoms in total. The van der Waals surface area contributed by atoms with E-state index in [0.29, 0.717) is 42.4 Å².